The first-order valence-electron chi connectivity index (χ1n) is 9.70. The number of esters is 1. The van der Waals surface area contributed by atoms with E-state index in [-0.39, 0.29) is 11.4 Å². The number of fused-ring (bicyclic) bond motifs is 1. The minimum atomic E-state index is -4.75. The predicted molar refractivity (Wildman–Crippen MR) is 116 cm³/mol. The van der Waals surface area contributed by atoms with E-state index in [0.717, 1.165) is 28.6 Å². The van der Waals surface area contributed by atoms with Crippen LogP contribution in [0, 0.1) is 0 Å². The number of anilines is 1. The third-order valence-electron chi connectivity index (χ3n) is 4.69. The maximum Gasteiger partial charge on any atom is 0.418 e. The smallest absolute Gasteiger partial charge is 0.418 e. The Kier molecular flexibility index (Phi) is 7.27. The second-order valence-corrected chi connectivity index (χ2v) is 7.54. The summed E-state index contributed by atoms with van der Waals surface area (Å²) in [6.45, 7) is 0.351. The lowest BCUT2D eigenvalue weighted by Gasteiger charge is -2.17. The van der Waals surface area contributed by atoms with Gasteiger partial charge in [0.05, 0.1) is 16.3 Å². The van der Waals surface area contributed by atoms with Crippen LogP contribution in [-0.4, -0.2) is 35.4 Å². The number of H-pyrrole nitrogens is 1. The second kappa shape index (κ2) is 9.95. The van der Waals surface area contributed by atoms with Crippen molar-refractivity contribution in [1.29, 1.82) is 0 Å². The summed E-state index contributed by atoms with van der Waals surface area (Å²) in [6, 6.07) is 9.28. The fourth-order valence-corrected chi connectivity index (χ4v) is 3.48. The molecule has 0 aliphatic carbocycles. The van der Waals surface area contributed by atoms with Crippen molar-refractivity contribution in [3.63, 3.8) is 0 Å². The van der Waals surface area contributed by atoms with Crippen molar-refractivity contribution >= 4 is 46.0 Å². The second-order valence-electron chi connectivity index (χ2n) is 7.13. The number of carbonyl (C=O) groups excluding carboxylic acids is 3. The number of alkyl halides is 3. The normalized spacial score (nSPS) is 12.3. The van der Waals surface area contributed by atoms with E-state index in [1.165, 1.54) is 13.0 Å². The molecule has 2 amide bonds. The molecular formula is C22H19ClF3N3O4. The van der Waals surface area contributed by atoms with Gasteiger partial charge in [0.2, 0.25) is 5.91 Å². The third-order valence-corrected chi connectivity index (χ3v) is 5.00. The van der Waals surface area contributed by atoms with Crippen molar-refractivity contribution in [3.05, 3.63) is 64.8 Å². The predicted octanol–water partition coefficient (Wildman–Crippen LogP) is 4.07. The molecule has 0 saturated carbocycles. The van der Waals surface area contributed by atoms with Gasteiger partial charge in [0.15, 0.2) is 6.61 Å². The van der Waals surface area contributed by atoms with Crippen LogP contribution in [0.1, 0.15) is 18.1 Å². The van der Waals surface area contributed by atoms with Crippen molar-refractivity contribution < 1.29 is 32.3 Å². The summed E-state index contributed by atoms with van der Waals surface area (Å²) in [4.78, 5) is 39.4. The Morgan fingerprint density at radius 1 is 1.12 bits per heavy atom. The van der Waals surface area contributed by atoms with Crippen LogP contribution in [0.15, 0.2) is 48.7 Å². The lowest BCUT2D eigenvalue weighted by molar-refractivity contribution is -0.150. The molecule has 174 valence electrons. The van der Waals surface area contributed by atoms with Crippen molar-refractivity contribution in [2.45, 2.75) is 25.6 Å². The van der Waals surface area contributed by atoms with Gasteiger partial charge in [-0.15, -0.1) is 0 Å². The SMILES string of the molecule is CC(=O)NC(Cc1c[nH]c2ccccc12)C(=O)OCC(=O)Nc1c(Cl)cccc1C(F)(F)F. The van der Waals surface area contributed by atoms with E-state index in [4.69, 9.17) is 16.3 Å². The van der Waals surface area contributed by atoms with Gasteiger partial charge in [-0.25, -0.2) is 4.79 Å². The molecule has 0 radical (unpaired) electrons. The van der Waals surface area contributed by atoms with Crippen molar-refractivity contribution in [1.82, 2.24) is 10.3 Å². The molecule has 0 saturated heterocycles. The molecule has 33 heavy (non-hydrogen) atoms. The average Bonchev–Trinajstić information content (AvgIpc) is 3.15. The Morgan fingerprint density at radius 2 is 1.85 bits per heavy atom. The Labute approximate surface area is 191 Å². The Balaban J connectivity index is 1.68. The maximum absolute atomic E-state index is 13.2. The zero-order chi connectivity index (χ0) is 24.2. The molecule has 3 aromatic rings. The summed E-state index contributed by atoms with van der Waals surface area (Å²) in [6.07, 6.45) is -2.98. The summed E-state index contributed by atoms with van der Waals surface area (Å²) in [5.41, 5.74) is -0.200. The van der Waals surface area contributed by atoms with Gasteiger partial charge in [-0.05, 0) is 23.8 Å². The number of para-hydroxylation sites is 2. The fraction of sp³-hybridized carbons (Fsp3) is 0.227. The average molecular weight is 482 g/mol. The summed E-state index contributed by atoms with van der Waals surface area (Å²) in [7, 11) is 0. The van der Waals surface area contributed by atoms with Gasteiger partial charge < -0.3 is 20.4 Å². The fourth-order valence-electron chi connectivity index (χ4n) is 3.26. The highest BCUT2D eigenvalue weighted by atomic mass is 35.5. The molecule has 0 spiro atoms. The minimum absolute atomic E-state index is 0.0762. The minimum Gasteiger partial charge on any atom is -0.454 e. The number of hydrogen-bond acceptors (Lipinski definition) is 4. The van der Waals surface area contributed by atoms with E-state index in [2.05, 4.69) is 10.3 Å². The van der Waals surface area contributed by atoms with E-state index in [1.807, 2.05) is 29.6 Å². The molecule has 1 unspecified atom stereocenters. The Bertz CT molecular complexity index is 1190. The number of hydrogen-bond donors (Lipinski definition) is 3. The number of ether oxygens (including phenoxy) is 1. The van der Waals surface area contributed by atoms with Crippen LogP contribution in [0.2, 0.25) is 5.02 Å². The number of halogens is 4. The summed E-state index contributed by atoms with van der Waals surface area (Å²) in [5.74, 6) is -2.43. The van der Waals surface area contributed by atoms with Gasteiger partial charge in [0, 0.05) is 30.4 Å². The van der Waals surface area contributed by atoms with Crippen molar-refractivity contribution in [3.8, 4) is 0 Å². The highest BCUT2D eigenvalue weighted by molar-refractivity contribution is 6.34. The molecule has 7 nitrogen and oxygen atoms in total. The number of nitrogens with one attached hydrogen (secondary N) is 3. The lowest BCUT2D eigenvalue weighted by Crippen LogP contribution is -2.43. The Hall–Kier alpha value is -3.53. The first kappa shape index (κ1) is 24.1. The van der Waals surface area contributed by atoms with Crippen molar-refractivity contribution in [2.75, 3.05) is 11.9 Å². The van der Waals surface area contributed by atoms with Gasteiger partial charge >= 0.3 is 12.1 Å². The number of aromatic nitrogens is 1. The summed E-state index contributed by atoms with van der Waals surface area (Å²) in [5, 5.41) is 5.02. The van der Waals surface area contributed by atoms with Crippen LogP contribution in [0.25, 0.3) is 10.9 Å². The standard InChI is InChI=1S/C22H19ClF3N3O4/c1-12(30)28-18(9-13-10-27-17-8-3-2-5-14(13)17)21(32)33-11-19(31)29-20-15(22(24,25)26)6-4-7-16(20)23/h2-8,10,18,27H,9,11H2,1H3,(H,28,30)(H,29,31). The molecule has 0 fully saturated rings. The summed E-state index contributed by atoms with van der Waals surface area (Å²) >= 11 is 5.80. The van der Waals surface area contributed by atoms with Gasteiger partial charge in [-0.2, -0.15) is 13.2 Å². The molecule has 0 bridgehead atoms. The molecule has 1 aromatic heterocycles. The first-order chi connectivity index (χ1) is 15.6. The third kappa shape index (κ3) is 6.04. The molecule has 1 atom stereocenters. The van der Waals surface area contributed by atoms with Crippen LogP contribution in [0.4, 0.5) is 18.9 Å². The van der Waals surface area contributed by atoms with Gasteiger partial charge in [-0.1, -0.05) is 35.9 Å². The molecule has 11 heteroatoms. The number of amides is 2. The molecule has 3 N–H and O–H groups in total. The number of rotatable bonds is 7. The topological polar surface area (TPSA) is 100 Å². The maximum atomic E-state index is 13.2. The molecule has 0 aliphatic heterocycles. The largest absolute Gasteiger partial charge is 0.454 e. The monoisotopic (exact) mass is 481 g/mol. The molecule has 3 rings (SSSR count). The lowest BCUT2D eigenvalue weighted by atomic mass is 10.0. The molecular weight excluding hydrogens is 463 g/mol. The van der Waals surface area contributed by atoms with E-state index < -0.39 is 47.9 Å². The molecule has 2 aromatic carbocycles. The van der Waals surface area contributed by atoms with Crippen LogP contribution < -0.4 is 10.6 Å². The summed E-state index contributed by atoms with van der Waals surface area (Å²) < 4.78 is 44.5. The quantitative estimate of drug-likeness (QED) is 0.443. The number of carbonyl (C=O) groups is 3. The van der Waals surface area contributed by atoms with E-state index in [0.29, 0.717) is 0 Å². The number of aromatic amines is 1. The van der Waals surface area contributed by atoms with Gasteiger partial charge in [0.25, 0.3) is 5.91 Å². The van der Waals surface area contributed by atoms with Crippen LogP contribution in [-0.2, 0) is 31.7 Å². The van der Waals surface area contributed by atoms with E-state index >= 15 is 0 Å². The zero-order valence-corrected chi connectivity index (χ0v) is 18.0. The highest BCUT2D eigenvalue weighted by Gasteiger charge is 2.35. The van der Waals surface area contributed by atoms with Gasteiger partial charge in [-0.3, -0.25) is 9.59 Å². The number of benzene rings is 2. The van der Waals surface area contributed by atoms with Crippen molar-refractivity contribution in [2.24, 2.45) is 0 Å². The highest BCUT2D eigenvalue weighted by Crippen LogP contribution is 2.38. The van der Waals surface area contributed by atoms with Gasteiger partial charge in [0.1, 0.15) is 6.04 Å². The molecule has 1 heterocycles. The first-order valence-corrected chi connectivity index (χ1v) is 10.1. The van der Waals surface area contributed by atoms with E-state index in [1.54, 1.807) is 6.20 Å². The molecule has 0 aliphatic rings. The van der Waals surface area contributed by atoms with Crippen LogP contribution in [0.3, 0.4) is 0 Å². The van der Waals surface area contributed by atoms with Crippen LogP contribution in [0.5, 0.6) is 0 Å². The van der Waals surface area contributed by atoms with Crippen LogP contribution >= 0.6 is 11.6 Å². The zero-order valence-electron chi connectivity index (χ0n) is 17.3. The van der Waals surface area contributed by atoms with E-state index in [9.17, 15) is 27.6 Å². The Morgan fingerprint density at radius 3 is 2.55 bits per heavy atom.